The van der Waals surface area contributed by atoms with Gasteiger partial charge < -0.3 is 5.32 Å². The van der Waals surface area contributed by atoms with Crippen LogP contribution in [0.4, 0.5) is 4.79 Å². The summed E-state index contributed by atoms with van der Waals surface area (Å²) in [6, 6.07) is 6.47. The van der Waals surface area contributed by atoms with Gasteiger partial charge in [-0.1, -0.05) is 26.0 Å². The molecule has 0 unspecified atom stereocenters. The molecule has 1 saturated heterocycles. The number of carbonyl (C=O) groups excluding carboxylic acids is 4. The summed E-state index contributed by atoms with van der Waals surface area (Å²) in [6.45, 7) is 4.47. The molecule has 1 aromatic carbocycles. The molecule has 0 aromatic heterocycles. The maximum absolute atomic E-state index is 12.3. The predicted molar refractivity (Wildman–Crippen MR) is 95.0 cm³/mol. The highest BCUT2D eigenvalue weighted by atomic mass is 16.2. The van der Waals surface area contributed by atoms with Crippen LogP contribution in [0.3, 0.4) is 0 Å². The molecule has 0 saturated carbocycles. The van der Waals surface area contributed by atoms with Crippen molar-refractivity contribution in [3.63, 3.8) is 0 Å². The molecule has 0 aliphatic carbocycles. The van der Waals surface area contributed by atoms with Crippen molar-refractivity contribution in [2.75, 3.05) is 27.3 Å². The maximum Gasteiger partial charge on any atom is 0.335 e. The number of nitrogens with zero attached hydrogens (tertiary/aromatic N) is 3. The van der Waals surface area contributed by atoms with Gasteiger partial charge in [0.25, 0.3) is 5.91 Å². The Balaban J connectivity index is 2.00. The lowest BCUT2D eigenvalue weighted by atomic mass is 10.1. The molecule has 2 rings (SSSR count). The van der Waals surface area contributed by atoms with Crippen LogP contribution in [0.1, 0.15) is 29.8 Å². The van der Waals surface area contributed by atoms with Crippen LogP contribution in [-0.2, 0) is 16.1 Å². The van der Waals surface area contributed by atoms with Crippen molar-refractivity contribution < 1.29 is 19.2 Å². The fourth-order valence-electron chi connectivity index (χ4n) is 2.71. The van der Waals surface area contributed by atoms with Crippen molar-refractivity contribution in [3.05, 3.63) is 35.4 Å². The Kier molecular flexibility index (Phi) is 6.10. The first kappa shape index (κ1) is 19.6. The van der Waals surface area contributed by atoms with Crippen molar-refractivity contribution in [3.8, 4) is 0 Å². The fourth-order valence-corrected chi connectivity index (χ4v) is 2.71. The number of rotatable bonds is 7. The molecular formula is C18H24N4O4. The highest BCUT2D eigenvalue weighted by Crippen LogP contribution is 2.15. The standard InChI is InChI=1S/C18H24N4O4/c1-12(2)9-21-16(24)17(25)22(18(21)26)11-20(4)10-13-5-7-14(8-6-13)15(23)19-3/h5-8,12H,9-11H2,1-4H3,(H,19,23). The third kappa shape index (κ3) is 4.26. The average Bonchev–Trinajstić information content (AvgIpc) is 2.79. The number of imide groups is 2. The fraction of sp³-hybridized carbons (Fsp3) is 0.444. The van der Waals surface area contributed by atoms with E-state index in [1.165, 1.54) is 0 Å². The molecule has 0 atom stereocenters. The lowest BCUT2D eigenvalue weighted by Crippen LogP contribution is -2.41. The van der Waals surface area contributed by atoms with Crippen molar-refractivity contribution >= 4 is 23.8 Å². The number of carbonyl (C=O) groups is 4. The molecule has 1 aliphatic rings. The SMILES string of the molecule is CNC(=O)c1ccc(CN(C)CN2C(=O)C(=O)N(CC(C)C)C2=O)cc1. The second-order valence-corrected chi connectivity index (χ2v) is 6.76. The van der Waals surface area contributed by atoms with Crippen molar-refractivity contribution in [1.82, 2.24) is 20.0 Å². The van der Waals surface area contributed by atoms with Crippen LogP contribution in [0.25, 0.3) is 0 Å². The van der Waals surface area contributed by atoms with Gasteiger partial charge in [-0.15, -0.1) is 0 Å². The van der Waals surface area contributed by atoms with Gasteiger partial charge in [0.2, 0.25) is 0 Å². The zero-order valence-electron chi connectivity index (χ0n) is 15.5. The molecule has 0 radical (unpaired) electrons. The Morgan fingerprint density at radius 2 is 1.65 bits per heavy atom. The van der Waals surface area contributed by atoms with Gasteiger partial charge in [-0.3, -0.25) is 24.2 Å². The third-order valence-electron chi connectivity index (χ3n) is 3.96. The molecule has 5 amide bonds. The monoisotopic (exact) mass is 360 g/mol. The van der Waals surface area contributed by atoms with E-state index in [2.05, 4.69) is 5.32 Å². The minimum absolute atomic E-state index is 0.0230. The van der Waals surface area contributed by atoms with Gasteiger partial charge in [0, 0.05) is 25.7 Å². The number of benzene rings is 1. The van der Waals surface area contributed by atoms with Gasteiger partial charge in [0.05, 0.1) is 6.67 Å². The number of amides is 5. The minimum Gasteiger partial charge on any atom is -0.355 e. The molecule has 1 aromatic rings. The largest absolute Gasteiger partial charge is 0.355 e. The lowest BCUT2D eigenvalue weighted by molar-refractivity contribution is -0.144. The van der Waals surface area contributed by atoms with Crippen LogP contribution in [0.5, 0.6) is 0 Å². The van der Waals surface area contributed by atoms with Crippen molar-refractivity contribution in [1.29, 1.82) is 0 Å². The van der Waals surface area contributed by atoms with E-state index in [4.69, 9.17) is 0 Å². The first-order chi connectivity index (χ1) is 12.2. The molecule has 1 heterocycles. The molecule has 0 bridgehead atoms. The van der Waals surface area contributed by atoms with Crippen molar-refractivity contribution in [2.24, 2.45) is 5.92 Å². The zero-order chi connectivity index (χ0) is 19.4. The number of urea groups is 1. The Bertz CT molecular complexity index is 714. The van der Waals surface area contributed by atoms with Crippen LogP contribution in [-0.4, -0.2) is 65.8 Å². The highest BCUT2D eigenvalue weighted by Gasteiger charge is 2.44. The van der Waals surface area contributed by atoms with E-state index in [-0.39, 0.29) is 25.0 Å². The summed E-state index contributed by atoms with van der Waals surface area (Å²) in [5.74, 6) is -1.64. The second-order valence-electron chi connectivity index (χ2n) is 6.76. The molecule has 8 heteroatoms. The Morgan fingerprint density at radius 1 is 1.08 bits per heavy atom. The van der Waals surface area contributed by atoms with Gasteiger partial charge >= 0.3 is 17.8 Å². The molecule has 8 nitrogen and oxygen atoms in total. The number of hydrogen-bond donors (Lipinski definition) is 1. The first-order valence-corrected chi connectivity index (χ1v) is 8.41. The van der Waals surface area contributed by atoms with Gasteiger partial charge in [0.15, 0.2) is 0 Å². The Labute approximate surface area is 152 Å². The Hall–Kier alpha value is -2.74. The first-order valence-electron chi connectivity index (χ1n) is 8.41. The number of hydrogen-bond acceptors (Lipinski definition) is 5. The van der Waals surface area contributed by atoms with Crippen LogP contribution >= 0.6 is 0 Å². The molecule has 1 N–H and O–H groups in total. The van der Waals surface area contributed by atoms with Crippen LogP contribution in [0, 0.1) is 5.92 Å². The third-order valence-corrected chi connectivity index (χ3v) is 3.96. The highest BCUT2D eigenvalue weighted by molar-refractivity contribution is 6.44. The predicted octanol–water partition coefficient (Wildman–Crippen LogP) is 0.882. The molecular weight excluding hydrogens is 336 g/mol. The summed E-state index contributed by atoms with van der Waals surface area (Å²) in [5.41, 5.74) is 1.48. The lowest BCUT2D eigenvalue weighted by Gasteiger charge is -2.23. The smallest absolute Gasteiger partial charge is 0.335 e. The topological polar surface area (TPSA) is 90.0 Å². The van der Waals surface area contributed by atoms with Gasteiger partial charge in [-0.2, -0.15) is 0 Å². The molecule has 140 valence electrons. The summed E-state index contributed by atoms with van der Waals surface area (Å²) in [6.07, 6.45) is 0. The minimum atomic E-state index is -0.794. The number of nitrogens with one attached hydrogen (secondary N) is 1. The van der Waals surface area contributed by atoms with Crippen LogP contribution in [0.2, 0.25) is 0 Å². The van der Waals surface area contributed by atoms with E-state index in [0.717, 1.165) is 15.4 Å². The maximum atomic E-state index is 12.3. The Morgan fingerprint density at radius 3 is 2.19 bits per heavy atom. The zero-order valence-corrected chi connectivity index (χ0v) is 15.5. The average molecular weight is 360 g/mol. The van der Waals surface area contributed by atoms with Crippen LogP contribution < -0.4 is 5.32 Å². The molecule has 26 heavy (non-hydrogen) atoms. The van der Waals surface area contributed by atoms with E-state index in [1.54, 1.807) is 31.1 Å². The molecule has 1 fully saturated rings. The summed E-state index contributed by atoms with van der Waals surface area (Å²) in [5, 5.41) is 2.55. The van der Waals surface area contributed by atoms with E-state index in [0.29, 0.717) is 12.1 Å². The van der Waals surface area contributed by atoms with Crippen molar-refractivity contribution in [2.45, 2.75) is 20.4 Å². The van der Waals surface area contributed by atoms with E-state index < -0.39 is 17.8 Å². The summed E-state index contributed by atoms with van der Waals surface area (Å²) in [7, 11) is 3.32. The molecule has 1 aliphatic heterocycles. The van der Waals surface area contributed by atoms with E-state index in [1.807, 2.05) is 26.0 Å². The van der Waals surface area contributed by atoms with E-state index in [9.17, 15) is 19.2 Å². The van der Waals surface area contributed by atoms with Gasteiger partial charge in [-0.05, 0) is 30.7 Å². The summed E-state index contributed by atoms with van der Waals surface area (Å²) < 4.78 is 0. The summed E-state index contributed by atoms with van der Waals surface area (Å²) >= 11 is 0. The summed E-state index contributed by atoms with van der Waals surface area (Å²) in [4.78, 5) is 51.7. The van der Waals surface area contributed by atoms with Gasteiger partial charge in [-0.25, -0.2) is 9.69 Å². The van der Waals surface area contributed by atoms with Gasteiger partial charge in [0.1, 0.15) is 0 Å². The van der Waals surface area contributed by atoms with Crippen LogP contribution in [0.15, 0.2) is 24.3 Å². The normalized spacial score (nSPS) is 14.8. The van der Waals surface area contributed by atoms with E-state index >= 15 is 0 Å². The molecule has 0 spiro atoms. The quantitative estimate of drug-likeness (QED) is 0.576. The second kappa shape index (κ2) is 8.09.